The average Bonchev–Trinajstić information content (AvgIpc) is 3.07. The second-order valence-electron chi connectivity index (χ2n) is 5.45. The summed E-state index contributed by atoms with van der Waals surface area (Å²) in [4.78, 5) is 14.8. The second kappa shape index (κ2) is 5.72. The lowest BCUT2D eigenvalue weighted by Gasteiger charge is -2.06. The molecular formula is C18H12N4O3. The molecule has 0 amide bonds. The maximum absolute atomic E-state index is 11.0. The third kappa shape index (κ3) is 2.57. The summed E-state index contributed by atoms with van der Waals surface area (Å²) in [6, 6.07) is 17.0. The molecule has 0 fully saturated rings. The van der Waals surface area contributed by atoms with Crippen LogP contribution in [-0.2, 0) is 0 Å². The van der Waals surface area contributed by atoms with E-state index in [9.17, 15) is 15.2 Å². The summed E-state index contributed by atoms with van der Waals surface area (Å²) in [5, 5.41) is 25.8. The summed E-state index contributed by atoms with van der Waals surface area (Å²) in [6.45, 7) is 0. The molecule has 4 rings (SSSR count). The van der Waals surface area contributed by atoms with E-state index in [-0.39, 0.29) is 11.4 Å². The Bertz CT molecular complexity index is 1090. The van der Waals surface area contributed by atoms with Crippen LogP contribution in [0.15, 0.2) is 66.9 Å². The molecule has 0 aliphatic carbocycles. The van der Waals surface area contributed by atoms with Gasteiger partial charge in [-0.1, -0.05) is 30.3 Å². The molecule has 1 N–H and O–H groups in total. The van der Waals surface area contributed by atoms with E-state index in [4.69, 9.17) is 0 Å². The fraction of sp³-hybridized carbons (Fsp3) is 0. The normalized spacial score (nSPS) is 10.9. The molecule has 2 heterocycles. The molecule has 0 saturated heterocycles. The molecule has 2 aromatic carbocycles. The number of nitrogens with zero attached hydrogens (tertiary/aromatic N) is 4. The van der Waals surface area contributed by atoms with Crippen LogP contribution < -0.4 is 0 Å². The first-order valence-corrected chi connectivity index (χ1v) is 7.51. The minimum atomic E-state index is -0.500. The maximum Gasteiger partial charge on any atom is 0.270 e. The second-order valence-corrected chi connectivity index (χ2v) is 5.45. The first-order valence-electron chi connectivity index (χ1n) is 7.51. The van der Waals surface area contributed by atoms with Crippen LogP contribution in [0.25, 0.3) is 28.2 Å². The molecule has 0 radical (unpaired) electrons. The molecule has 7 heteroatoms. The van der Waals surface area contributed by atoms with E-state index in [1.807, 2.05) is 36.4 Å². The topological polar surface area (TPSA) is 93.6 Å². The SMILES string of the molecule is O=[N+]([O-])c1ccc(O)c(-c2ccnc3cc(-c4ccccc4)nn23)c1. The van der Waals surface area contributed by atoms with Crippen LogP contribution in [0.3, 0.4) is 0 Å². The Kier molecular flexibility index (Phi) is 3.39. The van der Waals surface area contributed by atoms with Gasteiger partial charge in [0.05, 0.1) is 16.3 Å². The number of rotatable bonds is 3. The lowest BCUT2D eigenvalue weighted by Crippen LogP contribution is -1.97. The van der Waals surface area contributed by atoms with Crippen molar-refractivity contribution in [1.82, 2.24) is 14.6 Å². The molecule has 0 bridgehead atoms. The van der Waals surface area contributed by atoms with Crippen molar-refractivity contribution in [3.8, 4) is 28.3 Å². The van der Waals surface area contributed by atoms with Crippen molar-refractivity contribution in [3.05, 3.63) is 77.0 Å². The Morgan fingerprint density at radius 3 is 2.60 bits per heavy atom. The van der Waals surface area contributed by atoms with Crippen molar-refractivity contribution >= 4 is 11.3 Å². The third-order valence-corrected chi connectivity index (χ3v) is 3.89. The van der Waals surface area contributed by atoms with Crippen LogP contribution in [0, 0.1) is 10.1 Å². The number of nitro benzene ring substituents is 1. The number of benzene rings is 2. The third-order valence-electron chi connectivity index (χ3n) is 3.89. The lowest BCUT2D eigenvalue weighted by atomic mass is 10.1. The highest BCUT2D eigenvalue weighted by Gasteiger charge is 2.16. The number of aromatic nitrogens is 3. The van der Waals surface area contributed by atoms with Gasteiger partial charge >= 0.3 is 0 Å². The van der Waals surface area contributed by atoms with Crippen molar-refractivity contribution in [2.75, 3.05) is 0 Å². The maximum atomic E-state index is 11.0. The minimum absolute atomic E-state index is 0.0603. The predicted molar refractivity (Wildman–Crippen MR) is 92.2 cm³/mol. The van der Waals surface area contributed by atoms with Crippen LogP contribution in [-0.4, -0.2) is 24.6 Å². The highest BCUT2D eigenvalue weighted by atomic mass is 16.6. The molecule has 0 atom stereocenters. The number of hydrogen-bond acceptors (Lipinski definition) is 5. The molecule has 25 heavy (non-hydrogen) atoms. The van der Waals surface area contributed by atoms with Crippen LogP contribution in [0.5, 0.6) is 5.75 Å². The molecule has 122 valence electrons. The zero-order chi connectivity index (χ0) is 17.4. The van der Waals surface area contributed by atoms with E-state index < -0.39 is 4.92 Å². The fourth-order valence-electron chi connectivity index (χ4n) is 2.69. The van der Waals surface area contributed by atoms with Crippen molar-refractivity contribution < 1.29 is 10.0 Å². The van der Waals surface area contributed by atoms with Crippen molar-refractivity contribution in [1.29, 1.82) is 0 Å². The van der Waals surface area contributed by atoms with Crippen molar-refractivity contribution in [2.24, 2.45) is 0 Å². The van der Waals surface area contributed by atoms with Gasteiger partial charge in [0.25, 0.3) is 5.69 Å². The summed E-state index contributed by atoms with van der Waals surface area (Å²) in [7, 11) is 0. The molecule has 2 aromatic heterocycles. The van der Waals surface area contributed by atoms with E-state index in [0.29, 0.717) is 16.9 Å². The van der Waals surface area contributed by atoms with E-state index in [1.54, 1.807) is 16.8 Å². The molecule has 0 spiro atoms. The van der Waals surface area contributed by atoms with Gasteiger partial charge in [0.15, 0.2) is 5.65 Å². The van der Waals surface area contributed by atoms with Gasteiger partial charge in [-0.15, -0.1) is 0 Å². The standard InChI is InChI=1S/C18H12N4O3/c23-17-7-6-13(22(24)25)10-14(17)16-8-9-19-18-11-15(20-21(16)18)12-4-2-1-3-5-12/h1-11,23H. The Balaban J connectivity index is 1.93. The van der Waals surface area contributed by atoms with Crippen LogP contribution in [0.2, 0.25) is 0 Å². The highest BCUT2D eigenvalue weighted by molar-refractivity contribution is 5.73. The molecular weight excluding hydrogens is 320 g/mol. The van der Waals surface area contributed by atoms with E-state index >= 15 is 0 Å². The molecule has 0 aliphatic rings. The van der Waals surface area contributed by atoms with Gasteiger partial charge in [0, 0.05) is 35.5 Å². The monoisotopic (exact) mass is 332 g/mol. The van der Waals surface area contributed by atoms with Gasteiger partial charge in [-0.05, 0) is 12.1 Å². The Morgan fingerprint density at radius 2 is 1.84 bits per heavy atom. The molecule has 0 unspecified atom stereocenters. The summed E-state index contributed by atoms with van der Waals surface area (Å²) < 4.78 is 1.57. The van der Waals surface area contributed by atoms with Gasteiger partial charge in [-0.2, -0.15) is 5.10 Å². The zero-order valence-electron chi connectivity index (χ0n) is 12.9. The number of phenolic OH excluding ortho intramolecular Hbond substituents is 1. The predicted octanol–water partition coefficient (Wildman–Crippen LogP) is 3.68. The lowest BCUT2D eigenvalue weighted by molar-refractivity contribution is -0.384. The fourth-order valence-corrected chi connectivity index (χ4v) is 2.69. The Hall–Kier alpha value is -3.74. The van der Waals surface area contributed by atoms with Crippen LogP contribution >= 0.6 is 0 Å². The quantitative estimate of drug-likeness (QED) is 0.456. The van der Waals surface area contributed by atoms with Crippen molar-refractivity contribution in [2.45, 2.75) is 0 Å². The number of nitro groups is 1. The van der Waals surface area contributed by atoms with Gasteiger partial charge in [0.1, 0.15) is 5.75 Å². The number of phenols is 1. The summed E-state index contributed by atoms with van der Waals surface area (Å²) in [5.74, 6) is -0.0603. The minimum Gasteiger partial charge on any atom is -0.507 e. The first-order chi connectivity index (χ1) is 12.1. The number of fused-ring (bicyclic) bond motifs is 1. The van der Waals surface area contributed by atoms with Crippen molar-refractivity contribution in [3.63, 3.8) is 0 Å². The Morgan fingerprint density at radius 1 is 1.04 bits per heavy atom. The van der Waals surface area contributed by atoms with E-state index in [0.717, 1.165) is 11.3 Å². The number of aromatic hydroxyl groups is 1. The van der Waals surface area contributed by atoms with Gasteiger partial charge in [-0.3, -0.25) is 10.1 Å². The first kappa shape index (κ1) is 14.8. The van der Waals surface area contributed by atoms with Crippen LogP contribution in [0.1, 0.15) is 0 Å². The van der Waals surface area contributed by atoms with Gasteiger partial charge in [0.2, 0.25) is 0 Å². The summed E-state index contributed by atoms with van der Waals surface area (Å²) >= 11 is 0. The summed E-state index contributed by atoms with van der Waals surface area (Å²) in [6.07, 6.45) is 1.58. The average molecular weight is 332 g/mol. The number of hydrogen-bond donors (Lipinski definition) is 1. The molecule has 0 saturated carbocycles. The van der Waals surface area contributed by atoms with E-state index in [2.05, 4.69) is 10.1 Å². The summed E-state index contributed by atoms with van der Waals surface area (Å²) in [5.41, 5.74) is 2.99. The molecule has 0 aliphatic heterocycles. The van der Waals surface area contributed by atoms with E-state index in [1.165, 1.54) is 18.2 Å². The largest absolute Gasteiger partial charge is 0.507 e. The molecule has 4 aromatic rings. The van der Waals surface area contributed by atoms with Crippen LogP contribution in [0.4, 0.5) is 5.69 Å². The van der Waals surface area contributed by atoms with Gasteiger partial charge < -0.3 is 5.11 Å². The Labute approximate surface area is 142 Å². The smallest absolute Gasteiger partial charge is 0.270 e. The van der Waals surface area contributed by atoms with Gasteiger partial charge in [-0.25, -0.2) is 9.50 Å². The molecule has 7 nitrogen and oxygen atoms in total. The highest BCUT2D eigenvalue weighted by Crippen LogP contribution is 2.33. The number of non-ortho nitro benzene ring substituents is 1. The zero-order valence-corrected chi connectivity index (χ0v) is 12.9.